The first-order valence-electron chi connectivity index (χ1n) is 9.16. The highest BCUT2D eigenvalue weighted by molar-refractivity contribution is 7.88. The number of nitrogens with one attached hydrogen (secondary N) is 1. The Morgan fingerprint density at radius 3 is 2.48 bits per heavy atom. The number of hydrogen-bond donors (Lipinski definition) is 1. The van der Waals surface area contributed by atoms with Gasteiger partial charge in [0, 0.05) is 43.4 Å². The van der Waals surface area contributed by atoms with Crippen LogP contribution in [0.25, 0.3) is 10.9 Å². The van der Waals surface area contributed by atoms with Crippen LogP contribution < -0.4 is 0 Å². The number of nitrogens with zero attached hydrogens (tertiary/aromatic N) is 1. The fraction of sp³-hybridized carbons (Fsp3) is 0.579. The zero-order chi connectivity index (χ0) is 17.4. The number of benzene rings is 1. The molecule has 2 aliphatic rings. The number of hydrogen-bond acceptors (Lipinski definition) is 3. The molecule has 0 unspecified atom stereocenters. The van der Waals surface area contributed by atoms with Crippen molar-refractivity contribution in [2.24, 2.45) is 0 Å². The molecular formula is C19H26N2O3S. The van der Waals surface area contributed by atoms with Gasteiger partial charge in [-0.25, -0.2) is 12.7 Å². The number of aromatic nitrogens is 1. The fourth-order valence-electron chi connectivity index (χ4n) is 4.32. The van der Waals surface area contributed by atoms with Gasteiger partial charge in [-0.2, -0.15) is 0 Å². The highest BCUT2D eigenvalue weighted by Crippen LogP contribution is 2.37. The zero-order valence-electron chi connectivity index (χ0n) is 14.7. The Labute approximate surface area is 149 Å². The molecule has 2 aromatic rings. The van der Waals surface area contributed by atoms with Crippen molar-refractivity contribution >= 4 is 20.9 Å². The summed E-state index contributed by atoms with van der Waals surface area (Å²) < 4.78 is 30.7. The summed E-state index contributed by atoms with van der Waals surface area (Å²) in [5.41, 5.74) is 3.98. The molecule has 0 radical (unpaired) electrons. The van der Waals surface area contributed by atoms with Crippen molar-refractivity contribution in [1.29, 1.82) is 0 Å². The van der Waals surface area contributed by atoms with Gasteiger partial charge in [-0.15, -0.1) is 0 Å². The molecule has 0 atom stereocenters. The summed E-state index contributed by atoms with van der Waals surface area (Å²) in [6, 6.07) is 6.83. The zero-order valence-corrected chi connectivity index (χ0v) is 15.5. The first-order valence-corrected chi connectivity index (χ1v) is 11.0. The van der Waals surface area contributed by atoms with E-state index in [1.807, 2.05) is 6.20 Å². The van der Waals surface area contributed by atoms with Crippen LogP contribution in [0, 0.1) is 0 Å². The minimum atomic E-state index is -3.08. The molecule has 0 saturated carbocycles. The average molecular weight is 362 g/mol. The van der Waals surface area contributed by atoms with Gasteiger partial charge in [0.05, 0.1) is 6.26 Å². The first kappa shape index (κ1) is 17.1. The highest BCUT2D eigenvalue weighted by atomic mass is 32.2. The van der Waals surface area contributed by atoms with Crippen LogP contribution >= 0.6 is 0 Å². The van der Waals surface area contributed by atoms with E-state index in [1.54, 1.807) is 4.31 Å². The number of fused-ring (bicyclic) bond motifs is 1. The molecule has 2 fully saturated rings. The van der Waals surface area contributed by atoms with Crippen molar-refractivity contribution < 1.29 is 13.2 Å². The Morgan fingerprint density at radius 2 is 1.80 bits per heavy atom. The Kier molecular flexibility index (Phi) is 4.60. The van der Waals surface area contributed by atoms with Crippen molar-refractivity contribution in [2.75, 3.05) is 32.6 Å². The lowest BCUT2D eigenvalue weighted by Crippen LogP contribution is -2.37. The van der Waals surface area contributed by atoms with Gasteiger partial charge in [0.1, 0.15) is 0 Å². The van der Waals surface area contributed by atoms with E-state index in [0.717, 1.165) is 38.9 Å². The fourth-order valence-corrected chi connectivity index (χ4v) is 5.20. The molecule has 3 heterocycles. The first-order chi connectivity index (χ1) is 12.0. The lowest BCUT2D eigenvalue weighted by Gasteiger charge is -2.31. The van der Waals surface area contributed by atoms with E-state index in [0.29, 0.717) is 24.9 Å². The molecule has 2 saturated heterocycles. The van der Waals surface area contributed by atoms with Crippen molar-refractivity contribution in [3.63, 3.8) is 0 Å². The summed E-state index contributed by atoms with van der Waals surface area (Å²) in [5, 5.41) is 1.29. The predicted octanol–water partition coefficient (Wildman–Crippen LogP) is 3.20. The summed E-state index contributed by atoms with van der Waals surface area (Å²) in [5.74, 6) is 0.993. The third kappa shape index (κ3) is 3.48. The second-order valence-electron chi connectivity index (χ2n) is 7.37. The van der Waals surface area contributed by atoms with Gasteiger partial charge in [-0.1, -0.05) is 6.07 Å². The summed E-state index contributed by atoms with van der Waals surface area (Å²) in [4.78, 5) is 3.37. The largest absolute Gasteiger partial charge is 0.381 e. The third-order valence-electron chi connectivity index (χ3n) is 5.78. The van der Waals surface area contributed by atoms with Crippen LogP contribution in [0.2, 0.25) is 0 Å². The van der Waals surface area contributed by atoms with Crippen molar-refractivity contribution in [2.45, 2.75) is 37.5 Å². The second kappa shape index (κ2) is 6.74. The Balaban J connectivity index is 1.63. The van der Waals surface area contributed by atoms with E-state index in [9.17, 15) is 8.42 Å². The Hall–Kier alpha value is -1.37. The quantitative estimate of drug-likeness (QED) is 0.912. The molecule has 1 aromatic carbocycles. The molecule has 1 N–H and O–H groups in total. The molecule has 0 spiro atoms. The van der Waals surface area contributed by atoms with Crippen molar-refractivity contribution in [1.82, 2.24) is 9.29 Å². The number of ether oxygens (including phenoxy) is 1. The summed E-state index contributed by atoms with van der Waals surface area (Å²) >= 11 is 0. The lowest BCUT2D eigenvalue weighted by atomic mass is 9.83. The van der Waals surface area contributed by atoms with Gasteiger partial charge < -0.3 is 9.72 Å². The molecule has 0 aliphatic carbocycles. The molecule has 25 heavy (non-hydrogen) atoms. The van der Waals surface area contributed by atoms with Gasteiger partial charge in [-0.05, 0) is 60.8 Å². The normalized spacial score (nSPS) is 21.8. The van der Waals surface area contributed by atoms with Gasteiger partial charge >= 0.3 is 0 Å². The maximum Gasteiger partial charge on any atom is 0.211 e. The summed E-state index contributed by atoms with van der Waals surface area (Å²) in [6.07, 6.45) is 7.27. The Morgan fingerprint density at radius 1 is 1.08 bits per heavy atom. The van der Waals surface area contributed by atoms with Gasteiger partial charge in [0.15, 0.2) is 0 Å². The number of piperidine rings is 1. The van der Waals surface area contributed by atoms with E-state index >= 15 is 0 Å². The maximum absolute atomic E-state index is 11.8. The number of aromatic amines is 1. The third-order valence-corrected chi connectivity index (χ3v) is 7.08. The SMILES string of the molecule is CS(=O)(=O)N1CCC(c2cc(C3CCOCC3)cc3[nH]ccc23)CC1. The number of rotatable bonds is 3. The van der Waals surface area contributed by atoms with E-state index in [-0.39, 0.29) is 0 Å². The summed E-state index contributed by atoms with van der Waals surface area (Å²) in [6.45, 7) is 2.93. The number of H-pyrrole nitrogens is 1. The molecule has 0 amide bonds. The van der Waals surface area contributed by atoms with Crippen LogP contribution in [0.3, 0.4) is 0 Å². The van der Waals surface area contributed by atoms with Crippen LogP contribution in [0.4, 0.5) is 0 Å². The summed E-state index contributed by atoms with van der Waals surface area (Å²) in [7, 11) is -3.08. The van der Waals surface area contributed by atoms with Crippen molar-refractivity contribution in [3.05, 3.63) is 35.5 Å². The van der Waals surface area contributed by atoms with E-state index in [1.165, 1.54) is 28.3 Å². The van der Waals surface area contributed by atoms with Gasteiger partial charge in [0.25, 0.3) is 0 Å². The smallest absolute Gasteiger partial charge is 0.211 e. The molecule has 2 aliphatic heterocycles. The molecule has 4 rings (SSSR count). The Bertz CT molecular complexity index is 845. The predicted molar refractivity (Wildman–Crippen MR) is 99.5 cm³/mol. The number of sulfonamides is 1. The van der Waals surface area contributed by atoms with Crippen LogP contribution in [-0.2, 0) is 14.8 Å². The minimum Gasteiger partial charge on any atom is -0.381 e. The monoisotopic (exact) mass is 362 g/mol. The van der Waals surface area contributed by atoms with E-state index in [2.05, 4.69) is 23.2 Å². The lowest BCUT2D eigenvalue weighted by molar-refractivity contribution is 0.0853. The highest BCUT2D eigenvalue weighted by Gasteiger charge is 2.28. The molecule has 1 aromatic heterocycles. The average Bonchev–Trinajstić information content (AvgIpc) is 3.09. The second-order valence-corrected chi connectivity index (χ2v) is 9.35. The van der Waals surface area contributed by atoms with E-state index < -0.39 is 10.0 Å². The van der Waals surface area contributed by atoms with Gasteiger partial charge in [0.2, 0.25) is 10.0 Å². The topological polar surface area (TPSA) is 62.4 Å². The van der Waals surface area contributed by atoms with Gasteiger partial charge in [-0.3, -0.25) is 0 Å². The standard InChI is InChI=1S/C19H26N2O3S/c1-25(22,23)21-8-3-15(4-9-21)18-12-16(14-5-10-24-11-6-14)13-19-17(18)2-7-20-19/h2,7,12-15,20H,3-6,8-11H2,1H3. The maximum atomic E-state index is 11.8. The van der Waals surface area contributed by atoms with E-state index in [4.69, 9.17) is 4.74 Å². The van der Waals surface area contributed by atoms with Crippen LogP contribution in [0.15, 0.2) is 24.4 Å². The molecule has 6 heteroatoms. The minimum absolute atomic E-state index is 0.427. The molecule has 136 valence electrons. The molecular weight excluding hydrogens is 336 g/mol. The van der Waals surface area contributed by atoms with Crippen molar-refractivity contribution in [3.8, 4) is 0 Å². The van der Waals surface area contributed by atoms with Crippen LogP contribution in [0.5, 0.6) is 0 Å². The van der Waals surface area contributed by atoms with Crippen LogP contribution in [-0.4, -0.2) is 50.3 Å². The molecule has 0 bridgehead atoms. The molecule has 5 nitrogen and oxygen atoms in total. The van der Waals surface area contributed by atoms with Crippen LogP contribution in [0.1, 0.15) is 48.6 Å².